The number of nitro benzene ring substituents is 1. The number of esters is 1. The van der Waals surface area contributed by atoms with Crippen molar-refractivity contribution in [2.75, 3.05) is 34.5 Å². The second kappa shape index (κ2) is 9.93. The normalized spacial score (nSPS) is 10.0. The summed E-state index contributed by atoms with van der Waals surface area (Å²) in [4.78, 5) is 34.5. The first-order chi connectivity index (χ1) is 13.9. The molecule has 2 aromatic carbocycles. The molecule has 0 unspecified atom stereocenters. The summed E-state index contributed by atoms with van der Waals surface area (Å²) in [6.45, 7) is -1.15. The number of rotatable bonds is 10. The monoisotopic (exact) mass is 405 g/mol. The lowest BCUT2D eigenvalue weighted by Crippen LogP contribution is -2.20. The number of carbonyl (C=O) groups is 2. The van der Waals surface area contributed by atoms with Crippen LogP contribution in [0.4, 0.5) is 5.69 Å². The molecule has 0 amide bonds. The molecule has 0 fully saturated rings. The molecule has 29 heavy (non-hydrogen) atoms. The van der Waals surface area contributed by atoms with Crippen LogP contribution >= 0.6 is 0 Å². The summed E-state index contributed by atoms with van der Waals surface area (Å²) in [6, 6.07) is 8.46. The lowest BCUT2D eigenvalue weighted by molar-refractivity contribution is -0.385. The van der Waals surface area contributed by atoms with Crippen LogP contribution in [-0.2, 0) is 9.53 Å². The topological polar surface area (TPSA) is 123 Å². The van der Waals surface area contributed by atoms with Crippen molar-refractivity contribution in [3.63, 3.8) is 0 Å². The highest BCUT2D eigenvalue weighted by Gasteiger charge is 2.19. The number of hydrogen-bond acceptors (Lipinski definition) is 9. The van der Waals surface area contributed by atoms with E-state index >= 15 is 0 Å². The predicted molar refractivity (Wildman–Crippen MR) is 100.0 cm³/mol. The van der Waals surface area contributed by atoms with Crippen molar-refractivity contribution < 1.29 is 38.2 Å². The lowest BCUT2D eigenvalue weighted by Gasteiger charge is -2.13. The van der Waals surface area contributed by atoms with Crippen LogP contribution in [0.3, 0.4) is 0 Å². The molecule has 10 nitrogen and oxygen atoms in total. The Morgan fingerprint density at radius 2 is 1.55 bits per heavy atom. The molecule has 0 saturated heterocycles. The third-order valence-corrected chi connectivity index (χ3v) is 3.76. The molecule has 0 N–H and O–H groups in total. The van der Waals surface area contributed by atoms with Crippen LogP contribution in [0.25, 0.3) is 0 Å². The summed E-state index contributed by atoms with van der Waals surface area (Å²) in [5.74, 6) is -0.568. The molecule has 0 saturated carbocycles. The predicted octanol–water partition coefficient (Wildman–Crippen LogP) is 2.43. The molecule has 0 bridgehead atoms. The van der Waals surface area contributed by atoms with Gasteiger partial charge in [-0.1, -0.05) is 12.1 Å². The molecule has 154 valence electrons. The average Bonchev–Trinajstić information content (AvgIpc) is 2.74. The summed E-state index contributed by atoms with van der Waals surface area (Å²) in [7, 11) is 4.25. The molecular formula is C19H19NO9. The number of Topliss-reactive ketones (excluding diaryl/α,β-unsaturated/α-hetero) is 1. The Bertz CT molecular complexity index is 885. The highest BCUT2D eigenvalue weighted by molar-refractivity contribution is 5.99. The van der Waals surface area contributed by atoms with Crippen LogP contribution in [-0.4, -0.2) is 51.2 Å². The van der Waals surface area contributed by atoms with E-state index in [9.17, 15) is 19.7 Å². The minimum absolute atomic E-state index is 0.0783. The molecule has 0 aromatic heterocycles. The van der Waals surface area contributed by atoms with Gasteiger partial charge in [-0.3, -0.25) is 14.9 Å². The van der Waals surface area contributed by atoms with Crippen molar-refractivity contribution in [1.82, 2.24) is 0 Å². The fourth-order valence-corrected chi connectivity index (χ4v) is 2.38. The first-order valence-corrected chi connectivity index (χ1v) is 8.26. The molecule has 0 heterocycles. The summed E-state index contributed by atoms with van der Waals surface area (Å²) >= 11 is 0. The first-order valence-electron chi connectivity index (χ1n) is 8.26. The molecule has 0 aliphatic carbocycles. The van der Waals surface area contributed by atoms with E-state index in [0.717, 1.165) is 0 Å². The number of hydrogen-bond donors (Lipinski definition) is 0. The maximum Gasteiger partial charge on any atom is 0.344 e. The van der Waals surface area contributed by atoms with E-state index in [2.05, 4.69) is 0 Å². The molecule has 0 spiro atoms. The van der Waals surface area contributed by atoms with Gasteiger partial charge in [0.05, 0.1) is 26.3 Å². The van der Waals surface area contributed by atoms with E-state index in [1.54, 1.807) is 0 Å². The van der Waals surface area contributed by atoms with Crippen molar-refractivity contribution >= 4 is 17.4 Å². The van der Waals surface area contributed by atoms with Crippen molar-refractivity contribution in [3.05, 3.63) is 52.1 Å². The molecule has 0 aliphatic heterocycles. The van der Waals surface area contributed by atoms with Crippen molar-refractivity contribution in [3.8, 4) is 23.0 Å². The van der Waals surface area contributed by atoms with Crippen molar-refractivity contribution in [2.24, 2.45) is 0 Å². The molecular weight excluding hydrogens is 386 g/mol. The highest BCUT2D eigenvalue weighted by Crippen LogP contribution is 2.38. The van der Waals surface area contributed by atoms with Crippen LogP contribution in [0.2, 0.25) is 0 Å². The van der Waals surface area contributed by atoms with Crippen LogP contribution in [0.1, 0.15) is 10.4 Å². The van der Waals surface area contributed by atoms with Gasteiger partial charge in [-0.2, -0.15) is 0 Å². The molecule has 0 aliphatic rings. The van der Waals surface area contributed by atoms with Gasteiger partial charge in [-0.05, 0) is 18.2 Å². The quantitative estimate of drug-likeness (QED) is 0.254. The summed E-state index contributed by atoms with van der Waals surface area (Å²) in [5.41, 5.74) is -0.0966. The summed E-state index contributed by atoms with van der Waals surface area (Å²) in [6.07, 6.45) is 0. The van der Waals surface area contributed by atoms with Gasteiger partial charge in [0, 0.05) is 11.6 Å². The number of ketones is 1. The van der Waals surface area contributed by atoms with Gasteiger partial charge in [0.15, 0.2) is 30.5 Å². The van der Waals surface area contributed by atoms with Crippen molar-refractivity contribution in [1.29, 1.82) is 0 Å². The number of nitro groups is 1. The Balaban J connectivity index is 1.99. The number of benzene rings is 2. The maximum absolute atomic E-state index is 12.3. The van der Waals surface area contributed by atoms with Crippen LogP contribution < -0.4 is 18.9 Å². The second-order valence-electron chi connectivity index (χ2n) is 5.51. The van der Waals surface area contributed by atoms with E-state index in [1.165, 1.54) is 57.7 Å². The molecule has 0 radical (unpaired) electrons. The minimum atomic E-state index is -0.857. The summed E-state index contributed by atoms with van der Waals surface area (Å²) in [5, 5.41) is 10.9. The molecule has 2 rings (SSSR count). The van der Waals surface area contributed by atoms with Crippen LogP contribution in [0, 0.1) is 10.1 Å². The minimum Gasteiger partial charge on any atom is -0.493 e. The number of nitrogens with zero attached hydrogens (tertiary/aromatic N) is 1. The smallest absolute Gasteiger partial charge is 0.344 e. The standard InChI is InChI=1S/C19H19NO9/c1-25-16-8-12(9-17(26-2)19(16)27-3)14(21)10-29-18(22)11-28-15-7-5-4-6-13(15)20(23)24/h4-9H,10-11H2,1-3H3. The Morgan fingerprint density at radius 3 is 2.10 bits per heavy atom. The van der Waals surface area contributed by atoms with E-state index in [4.69, 9.17) is 23.7 Å². The van der Waals surface area contributed by atoms with E-state index in [-0.39, 0.29) is 28.5 Å². The van der Waals surface area contributed by atoms with E-state index in [0.29, 0.717) is 5.75 Å². The fraction of sp³-hybridized carbons (Fsp3) is 0.263. The number of methoxy groups -OCH3 is 3. The zero-order valence-electron chi connectivity index (χ0n) is 16.0. The molecule has 2 aromatic rings. The van der Waals surface area contributed by atoms with Crippen LogP contribution in [0.15, 0.2) is 36.4 Å². The zero-order chi connectivity index (χ0) is 21.4. The molecule has 0 atom stereocenters. The SMILES string of the molecule is COc1cc(C(=O)COC(=O)COc2ccccc2[N+](=O)[O-])cc(OC)c1OC. The third-order valence-electron chi connectivity index (χ3n) is 3.76. The number of para-hydroxylation sites is 2. The lowest BCUT2D eigenvalue weighted by atomic mass is 10.1. The van der Waals surface area contributed by atoms with E-state index < -0.39 is 29.9 Å². The van der Waals surface area contributed by atoms with Gasteiger partial charge < -0.3 is 23.7 Å². The Labute approximate surface area is 166 Å². The van der Waals surface area contributed by atoms with Crippen LogP contribution in [0.5, 0.6) is 23.0 Å². The van der Waals surface area contributed by atoms with Gasteiger partial charge >= 0.3 is 11.7 Å². The fourth-order valence-electron chi connectivity index (χ4n) is 2.38. The van der Waals surface area contributed by atoms with Gasteiger partial charge in [0.1, 0.15) is 0 Å². The zero-order valence-corrected chi connectivity index (χ0v) is 16.0. The highest BCUT2D eigenvalue weighted by atomic mass is 16.6. The number of ether oxygens (including phenoxy) is 5. The van der Waals surface area contributed by atoms with Gasteiger partial charge in [0.25, 0.3) is 0 Å². The van der Waals surface area contributed by atoms with Gasteiger partial charge in [-0.25, -0.2) is 4.79 Å². The maximum atomic E-state index is 12.3. The van der Waals surface area contributed by atoms with Crippen molar-refractivity contribution in [2.45, 2.75) is 0 Å². The van der Waals surface area contributed by atoms with E-state index in [1.807, 2.05) is 0 Å². The molecule has 10 heteroatoms. The number of carbonyl (C=O) groups excluding carboxylic acids is 2. The van der Waals surface area contributed by atoms with Gasteiger partial charge in [0.2, 0.25) is 11.5 Å². The van der Waals surface area contributed by atoms with Gasteiger partial charge in [-0.15, -0.1) is 0 Å². The second-order valence-corrected chi connectivity index (χ2v) is 5.51. The summed E-state index contributed by atoms with van der Waals surface area (Å²) < 4.78 is 25.5. The average molecular weight is 405 g/mol. The Hall–Kier alpha value is -3.82. The first kappa shape index (κ1) is 21.5. The third kappa shape index (κ3) is 5.34. The Kier molecular flexibility index (Phi) is 7.35. The Morgan fingerprint density at radius 1 is 0.931 bits per heavy atom. The largest absolute Gasteiger partial charge is 0.493 e.